The standard InChI is InChI=1S/C14H23F5O2S/c1-3-6-10(13(20)21-8-4-2)22-9-5-7-14(18,19)11(15)12(16)17/h10-12H,3-9H2,1-2H3. The summed E-state index contributed by atoms with van der Waals surface area (Å²) < 4.78 is 67.9. The van der Waals surface area contributed by atoms with Gasteiger partial charge in [0, 0.05) is 6.42 Å². The van der Waals surface area contributed by atoms with Gasteiger partial charge in [-0.15, -0.1) is 11.8 Å². The third-order valence-corrected chi connectivity index (χ3v) is 4.22. The number of thioether (sulfide) groups is 1. The smallest absolute Gasteiger partial charge is 0.319 e. The normalized spacial score (nSPS) is 14.9. The highest BCUT2D eigenvalue weighted by molar-refractivity contribution is 8.00. The zero-order valence-electron chi connectivity index (χ0n) is 12.8. The summed E-state index contributed by atoms with van der Waals surface area (Å²) in [7, 11) is 0. The first-order chi connectivity index (χ1) is 10.3. The molecular formula is C14H23F5O2S. The van der Waals surface area contributed by atoms with Crippen LogP contribution in [0.3, 0.4) is 0 Å². The van der Waals surface area contributed by atoms with Crippen LogP contribution in [0.4, 0.5) is 22.0 Å². The zero-order chi connectivity index (χ0) is 17.2. The molecular weight excluding hydrogens is 327 g/mol. The average Bonchev–Trinajstić information content (AvgIpc) is 2.46. The molecule has 0 amide bonds. The fourth-order valence-electron chi connectivity index (χ4n) is 1.68. The van der Waals surface area contributed by atoms with E-state index in [1.165, 1.54) is 0 Å². The molecule has 0 aliphatic heterocycles. The highest BCUT2D eigenvalue weighted by Gasteiger charge is 2.45. The van der Waals surface area contributed by atoms with Gasteiger partial charge in [0.1, 0.15) is 5.25 Å². The summed E-state index contributed by atoms with van der Waals surface area (Å²) in [6, 6.07) is 0. The second-order valence-corrected chi connectivity index (χ2v) is 6.23. The van der Waals surface area contributed by atoms with E-state index in [0.717, 1.165) is 18.2 Å². The molecule has 132 valence electrons. The van der Waals surface area contributed by atoms with Crippen molar-refractivity contribution in [2.45, 2.75) is 69.7 Å². The zero-order valence-corrected chi connectivity index (χ0v) is 13.6. The summed E-state index contributed by atoms with van der Waals surface area (Å²) in [4.78, 5) is 11.7. The van der Waals surface area contributed by atoms with E-state index in [0.29, 0.717) is 19.4 Å². The van der Waals surface area contributed by atoms with Gasteiger partial charge in [-0.1, -0.05) is 20.3 Å². The summed E-state index contributed by atoms with van der Waals surface area (Å²) >= 11 is 1.15. The van der Waals surface area contributed by atoms with Crippen LogP contribution in [0.1, 0.15) is 46.0 Å². The molecule has 0 saturated heterocycles. The third-order valence-electron chi connectivity index (χ3n) is 2.86. The van der Waals surface area contributed by atoms with Crippen molar-refractivity contribution in [1.82, 2.24) is 0 Å². The molecule has 0 aromatic rings. The van der Waals surface area contributed by atoms with Gasteiger partial charge in [0.05, 0.1) is 6.61 Å². The van der Waals surface area contributed by atoms with Crippen molar-refractivity contribution in [2.24, 2.45) is 0 Å². The third kappa shape index (κ3) is 8.19. The van der Waals surface area contributed by atoms with Crippen LogP contribution in [0, 0.1) is 0 Å². The summed E-state index contributed by atoms with van der Waals surface area (Å²) in [6.07, 6.45) is -6.29. The number of hydrogen-bond donors (Lipinski definition) is 0. The Hall–Kier alpha value is -0.530. The van der Waals surface area contributed by atoms with Crippen molar-refractivity contribution in [1.29, 1.82) is 0 Å². The summed E-state index contributed by atoms with van der Waals surface area (Å²) in [5.74, 6) is -4.27. The molecule has 22 heavy (non-hydrogen) atoms. The molecule has 2 nitrogen and oxygen atoms in total. The van der Waals surface area contributed by atoms with Gasteiger partial charge in [-0.05, 0) is 25.0 Å². The molecule has 0 radical (unpaired) electrons. The van der Waals surface area contributed by atoms with Crippen LogP contribution in [0.5, 0.6) is 0 Å². The van der Waals surface area contributed by atoms with E-state index in [1.807, 2.05) is 13.8 Å². The van der Waals surface area contributed by atoms with Crippen molar-refractivity contribution >= 4 is 17.7 Å². The van der Waals surface area contributed by atoms with Gasteiger partial charge in [0.2, 0.25) is 6.17 Å². The van der Waals surface area contributed by atoms with Crippen molar-refractivity contribution in [3.05, 3.63) is 0 Å². The molecule has 0 heterocycles. The van der Waals surface area contributed by atoms with Crippen molar-refractivity contribution in [2.75, 3.05) is 12.4 Å². The summed E-state index contributed by atoms with van der Waals surface area (Å²) in [5, 5.41) is -0.457. The topological polar surface area (TPSA) is 26.3 Å². The number of alkyl halides is 5. The number of ether oxygens (including phenoxy) is 1. The lowest BCUT2D eigenvalue weighted by molar-refractivity contribution is -0.143. The highest BCUT2D eigenvalue weighted by atomic mass is 32.2. The molecule has 0 aliphatic rings. The Balaban J connectivity index is 4.20. The first kappa shape index (κ1) is 21.5. The maximum absolute atomic E-state index is 13.1. The quantitative estimate of drug-likeness (QED) is 0.286. The molecule has 0 aromatic carbocycles. The highest BCUT2D eigenvalue weighted by Crippen LogP contribution is 2.32. The Bertz CT molecular complexity index is 316. The lowest BCUT2D eigenvalue weighted by atomic mass is 10.1. The maximum Gasteiger partial charge on any atom is 0.319 e. The minimum Gasteiger partial charge on any atom is -0.465 e. The summed E-state index contributed by atoms with van der Waals surface area (Å²) in [5.41, 5.74) is 0. The number of rotatable bonds is 12. The first-order valence-electron chi connectivity index (χ1n) is 7.34. The van der Waals surface area contributed by atoms with E-state index in [-0.39, 0.29) is 12.2 Å². The van der Waals surface area contributed by atoms with E-state index in [2.05, 4.69) is 0 Å². The van der Waals surface area contributed by atoms with Crippen molar-refractivity contribution in [3.8, 4) is 0 Å². The molecule has 0 bridgehead atoms. The summed E-state index contributed by atoms with van der Waals surface area (Å²) in [6.45, 7) is 4.04. The predicted molar refractivity (Wildman–Crippen MR) is 77.5 cm³/mol. The second-order valence-electron chi connectivity index (χ2n) is 4.92. The van der Waals surface area contributed by atoms with Crippen LogP contribution in [0.25, 0.3) is 0 Å². The Labute approximate surface area is 132 Å². The molecule has 8 heteroatoms. The van der Waals surface area contributed by atoms with Crippen LogP contribution in [0.15, 0.2) is 0 Å². The van der Waals surface area contributed by atoms with Crippen LogP contribution in [-0.4, -0.2) is 42.1 Å². The molecule has 0 saturated carbocycles. The van der Waals surface area contributed by atoms with Crippen LogP contribution in [0.2, 0.25) is 0 Å². The average molecular weight is 350 g/mol. The Morgan fingerprint density at radius 3 is 2.32 bits per heavy atom. The molecule has 0 fully saturated rings. The SMILES string of the molecule is CCCOC(=O)C(CCC)SCCCC(F)(F)C(F)C(F)F. The Kier molecular flexibility index (Phi) is 10.8. The molecule has 0 rings (SSSR count). The number of hydrogen-bond acceptors (Lipinski definition) is 3. The number of carbonyl (C=O) groups excluding carboxylic acids is 1. The molecule has 0 aromatic heterocycles. The second kappa shape index (κ2) is 11.1. The molecule has 0 spiro atoms. The van der Waals surface area contributed by atoms with Gasteiger partial charge in [-0.2, -0.15) is 0 Å². The lowest BCUT2D eigenvalue weighted by Crippen LogP contribution is -2.35. The minimum atomic E-state index is -4.04. The predicted octanol–water partition coefficient (Wildman–Crippen LogP) is 4.86. The van der Waals surface area contributed by atoms with Gasteiger partial charge in [0.15, 0.2) is 0 Å². The lowest BCUT2D eigenvalue weighted by Gasteiger charge is -2.20. The monoisotopic (exact) mass is 350 g/mol. The molecule has 0 aliphatic carbocycles. The van der Waals surface area contributed by atoms with Crippen LogP contribution in [-0.2, 0) is 9.53 Å². The first-order valence-corrected chi connectivity index (χ1v) is 8.39. The maximum atomic E-state index is 13.1. The fraction of sp³-hybridized carbons (Fsp3) is 0.929. The molecule has 2 unspecified atom stereocenters. The Morgan fingerprint density at radius 2 is 1.82 bits per heavy atom. The number of carbonyl (C=O) groups is 1. The van der Waals surface area contributed by atoms with Crippen molar-refractivity contribution in [3.63, 3.8) is 0 Å². The largest absolute Gasteiger partial charge is 0.465 e. The number of esters is 1. The van der Waals surface area contributed by atoms with Gasteiger partial charge in [-0.3, -0.25) is 4.79 Å². The minimum absolute atomic E-state index is 0.147. The van der Waals surface area contributed by atoms with E-state index in [1.54, 1.807) is 0 Å². The number of halogens is 5. The Morgan fingerprint density at radius 1 is 1.18 bits per heavy atom. The van der Waals surface area contributed by atoms with Gasteiger partial charge >= 0.3 is 5.97 Å². The molecule has 0 N–H and O–H groups in total. The van der Waals surface area contributed by atoms with Crippen LogP contribution >= 0.6 is 11.8 Å². The van der Waals surface area contributed by atoms with Gasteiger partial charge < -0.3 is 4.74 Å². The van der Waals surface area contributed by atoms with Crippen molar-refractivity contribution < 1.29 is 31.5 Å². The van der Waals surface area contributed by atoms with Crippen LogP contribution < -0.4 is 0 Å². The fourth-order valence-corrected chi connectivity index (χ4v) is 2.88. The van der Waals surface area contributed by atoms with E-state index >= 15 is 0 Å². The molecule has 2 atom stereocenters. The van der Waals surface area contributed by atoms with E-state index in [9.17, 15) is 26.7 Å². The van der Waals surface area contributed by atoms with Gasteiger partial charge in [-0.25, -0.2) is 22.0 Å². The van der Waals surface area contributed by atoms with E-state index in [4.69, 9.17) is 4.74 Å². The van der Waals surface area contributed by atoms with E-state index < -0.39 is 36.2 Å². The van der Waals surface area contributed by atoms with Gasteiger partial charge in [0.25, 0.3) is 12.3 Å².